The zero-order chi connectivity index (χ0) is 15.1. The quantitative estimate of drug-likeness (QED) is 0.400. The minimum atomic E-state index is -2.10. The summed E-state index contributed by atoms with van der Waals surface area (Å²) in [5.74, 6) is -9.81. The van der Waals surface area contributed by atoms with Crippen LogP contribution in [0.25, 0.3) is 0 Å². The van der Waals surface area contributed by atoms with Gasteiger partial charge in [-0.1, -0.05) is 6.92 Å². The van der Waals surface area contributed by atoms with E-state index in [1.807, 2.05) is 0 Å². The van der Waals surface area contributed by atoms with E-state index < -0.39 is 46.1 Å². The van der Waals surface area contributed by atoms with Crippen molar-refractivity contribution in [2.75, 3.05) is 13.7 Å². The molecule has 0 radical (unpaired) electrons. The highest BCUT2D eigenvalue weighted by atomic mass is 19.2. The molecule has 0 aliphatic carbocycles. The molecule has 1 unspecified atom stereocenters. The third kappa shape index (κ3) is 1.87. The maximum atomic E-state index is 14.0. The Morgan fingerprint density at radius 2 is 1.70 bits per heavy atom. The third-order valence-corrected chi connectivity index (χ3v) is 2.89. The third-order valence-electron chi connectivity index (χ3n) is 2.89. The van der Waals surface area contributed by atoms with Crippen LogP contribution in [0.2, 0.25) is 0 Å². The molecule has 2 rings (SSSR count). The Bertz CT molecular complexity index is 592. The second-order valence-electron chi connectivity index (χ2n) is 4.14. The topological polar surface area (TPSA) is 56.8 Å². The van der Waals surface area contributed by atoms with Gasteiger partial charge in [0, 0.05) is 7.11 Å². The molecule has 0 saturated heterocycles. The van der Waals surface area contributed by atoms with Gasteiger partial charge in [0.05, 0.1) is 17.7 Å². The molecule has 110 valence electrons. The highest BCUT2D eigenvalue weighted by molar-refractivity contribution is 6.02. The van der Waals surface area contributed by atoms with Gasteiger partial charge in [0.2, 0.25) is 0 Å². The number of methoxy groups -OCH3 is 1. The van der Waals surface area contributed by atoms with Gasteiger partial charge in [-0.2, -0.15) is 0 Å². The van der Waals surface area contributed by atoms with Gasteiger partial charge in [-0.05, 0) is 6.42 Å². The van der Waals surface area contributed by atoms with Gasteiger partial charge < -0.3 is 15.2 Å². The van der Waals surface area contributed by atoms with Crippen molar-refractivity contribution in [2.24, 2.45) is 10.7 Å². The number of aliphatic imine (C=N–C) groups is 1. The lowest BCUT2D eigenvalue weighted by Crippen LogP contribution is -2.30. The minimum Gasteiger partial charge on any atom is -0.383 e. The number of ether oxygens (including phenoxy) is 2. The fourth-order valence-electron chi connectivity index (χ4n) is 1.99. The molecule has 0 bridgehead atoms. The zero-order valence-electron chi connectivity index (χ0n) is 10.8. The fraction of sp³-hybridized carbons (Fsp3) is 0.417. The summed E-state index contributed by atoms with van der Waals surface area (Å²) in [6.45, 7) is 1.83. The van der Waals surface area contributed by atoms with Crippen LogP contribution in [0.4, 0.5) is 17.6 Å². The predicted molar refractivity (Wildman–Crippen MR) is 61.9 cm³/mol. The molecule has 0 spiro atoms. The maximum Gasteiger partial charge on any atom is 0.303 e. The molecule has 0 fully saturated rings. The summed E-state index contributed by atoms with van der Waals surface area (Å²) in [6, 6.07) is 0. The average molecular weight is 292 g/mol. The lowest BCUT2D eigenvalue weighted by Gasteiger charge is -2.26. The highest BCUT2D eigenvalue weighted by Crippen LogP contribution is 2.41. The number of halogens is 4. The molecule has 2 N–H and O–H groups in total. The smallest absolute Gasteiger partial charge is 0.303 e. The molecule has 1 aromatic carbocycles. The Labute approximate surface area is 112 Å². The van der Waals surface area contributed by atoms with E-state index in [9.17, 15) is 17.6 Å². The van der Waals surface area contributed by atoms with Crippen LogP contribution in [-0.2, 0) is 15.4 Å². The molecule has 0 amide bonds. The fourth-order valence-corrected chi connectivity index (χ4v) is 1.99. The summed E-state index contributed by atoms with van der Waals surface area (Å²) in [7, 11) is 1.11. The molecular formula is C12H12F4N2O2. The van der Waals surface area contributed by atoms with Gasteiger partial charge >= 0.3 is 5.91 Å². The Kier molecular flexibility index (Phi) is 3.70. The number of benzene rings is 1. The van der Waals surface area contributed by atoms with Crippen LogP contribution in [0.1, 0.15) is 24.5 Å². The van der Waals surface area contributed by atoms with Crippen LogP contribution in [0, 0.1) is 23.3 Å². The van der Waals surface area contributed by atoms with E-state index in [2.05, 4.69) is 4.99 Å². The van der Waals surface area contributed by atoms with Gasteiger partial charge in [0.15, 0.2) is 23.3 Å². The Balaban J connectivity index is 2.73. The van der Waals surface area contributed by atoms with Crippen molar-refractivity contribution in [1.82, 2.24) is 0 Å². The van der Waals surface area contributed by atoms with E-state index in [-0.39, 0.29) is 6.61 Å². The lowest BCUT2D eigenvalue weighted by molar-refractivity contribution is -0.225. The van der Waals surface area contributed by atoms with E-state index in [1.165, 1.54) is 0 Å². The second kappa shape index (κ2) is 5.02. The van der Waals surface area contributed by atoms with Crippen molar-refractivity contribution >= 4 is 5.84 Å². The van der Waals surface area contributed by atoms with Crippen LogP contribution in [-0.4, -0.2) is 19.6 Å². The molecule has 20 heavy (non-hydrogen) atoms. The summed E-state index contributed by atoms with van der Waals surface area (Å²) in [6.07, 6.45) is 0.518. The molecule has 8 heteroatoms. The first-order valence-corrected chi connectivity index (χ1v) is 5.80. The number of amidine groups is 1. The summed E-state index contributed by atoms with van der Waals surface area (Å²) < 4.78 is 64.5. The van der Waals surface area contributed by atoms with Crippen molar-refractivity contribution in [3.63, 3.8) is 0 Å². The number of nitrogens with two attached hydrogens (primary N) is 1. The molecule has 4 nitrogen and oxygen atoms in total. The van der Waals surface area contributed by atoms with Crippen LogP contribution >= 0.6 is 0 Å². The van der Waals surface area contributed by atoms with Crippen LogP contribution in [0.5, 0.6) is 0 Å². The largest absolute Gasteiger partial charge is 0.383 e. The number of rotatable bonds is 4. The first-order valence-electron chi connectivity index (χ1n) is 5.80. The van der Waals surface area contributed by atoms with E-state index >= 15 is 0 Å². The molecule has 1 atom stereocenters. The first-order chi connectivity index (χ1) is 9.39. The Morgan fingerprint density at radius 3 is 2.25 bits per heavy atom. The highest BCUT2D eigenvalue weighted by Gasteiger charge is 2.48. The number of fused-ring (bicyclic) bond motifs is 1. The Morgan fingerprint density at radius 1 is 1.10 bits per heavy atom. The molecule has 1 aliphatic heterocycles. The van der Waals surface area contributed by atoms with Gasteiger partial charge in [0.1, 0.15) is 5.84 Å². The molecule has 1 aliphatic rings. The molecule has 1 aromatic rings. The van der Waals surface area contributed by atoms with Crippen molar-refractivity contribution < 1.29 is 27.0 Å². The SMILES string of the molecule is CCCOC1(OC)N=C(N)c2c(F)c(F)c(F)c(F)c21. The second-order valence-corrected chi connectivity index (χ2v) is 4.14. The van der Waals surface area contributed by atoms with Crippen LogP contribution in [0.15, 0.2) is 4.99 Å². The minimum absolute atomic E-state index is 0.0735. The normalized spacial score (nSPS) is 21.0. The van der Waals surface area contributed by atoms with Gasteiger partial charge in [0.25, 0.3) is 0 Å². The van der Waals surface area contributed by atoms with E-state index in [4.69, 9.17) is 15.2 Å². The van der Waals surface area contributed by atoms with E-state index in [1.54, 1.807) is 6.92 Å². The van der Waals surface area contributed by atoms with Crippen molar-refractivity contribution in [3.05, 3.63) is 34.4 Å². The lowest BCUT2D eigenvalue weighted by atomic mass is 10.0. The molecular weight excluding hydrogens is 280 g/mol. The number of hydrogen-bond acceptors (Lipinski definition) is 4. The molecule has 0 aromatic heterocycles. The first kappa shape index (κ1) is 14.7. The van der Waals surface area contributed by atoms with Crippen molar-refractivity contribution in [3.8, 4) is 0 Å². The van der Waals surface area contributed by atoms with Gasteiger partial charge in [-0.15, -0.1) is 0 Å². The van der Waals surface area contributed by atoms with E-state index in [0.29, 0.717) is 6.42 Å². The maximum absolute atomic E-state index is 14.0. The standard InChI is InChI=1S/C12H12F4N2O2/c1-3-4-20-12(19-2)6-5(11(17)18-12)7(13)9(15)10(16)8(6)14/h3-4H2,1-2H3,(H2,17,18). The van der Waals surface area contributed by atoms with Crippen molar-refractivity contribution in [2.45, 2.75) is 19.3 Å². The van der Waals surface area contributed by atoms with Crippen molar-refractivity contribution in [1.29, 1.82) is 0 Å². The molecule has 1 heterocycles. The van der Waals surface area contributed by atoms with E-state index in [0.717, 1.165) is 7.11 Å². The van der Waals surface area contributed by atoms with Crippen LogP contribution < -0.4 is 5.73 Å². The van der Waals surface area contributed by atoms with Crippen LogP contribution in [0.3, 0.4) is 0 Å². The van der Waals surface area contributed by atoms with Gasteiger partial charge in [-0.25, -0.2) is 22.6 Å². The number of hydrogen-bond donors (Lipinski definition) is 1. The number of nitrogens with zero attached hydrogens (tertiary/aromatic N) is 1. The predicted octanol–water partition coefficient (Wildman–Crippen LogP) is 2.15. The summed E-state index contributed by atoms with van der Waals surface area (Å²) in [5, 5.41) is 0. The monoisotopic (exact) mass is 292 g/mol. The molecule has 0 saturated carbocycles. The summed E-state index contributed by atoms with van der Waals surface area (Å²) in [4.78, 5) is 3.68. The average Bonchev–Trinajstić information content (AvgIpc) is 2.74. The zero-order valence-corrected chi connectivity index (χ0v) is 10.8. The Hall–Kier alpha value is -1.67. The summed E-state index contributed by atoms with van der Waals surface area (Å²) in [5.41, 5.74) is 4.08. The summed E-state index contributed by atoms with van der Waals surface area (Å²) >= 11 is 0. The van der Waals surface area contributed by atoms with Gasteiger partial charge in [-0.3, -0.25) is 0 Å².